The zero-order chi connectivity index (χ0) is 14.6. The second-order valence-electron chi connectivity index (χ2n) is 4.87. The minimum Gasteiger partial charge on any atom is -0.444 e. The fourth-order valence-corrected chi connectivity index (χ4v) is 1.72. The van der Waals surface area contributed by atoms with Gasteiger partial charge in [-0.3, -0.25) is 0 Å². The first-order valence-corrected chi connectivity index (χ1v) is 6.36. The Morgan fingerprint density at radius 1 is 1.53 bits per heavy atom. The van der Waals surface area contributed by atoms with Gasteiger partial charge >= 0.3 is 6.09 Å². The lowest BCUT2D eigenvalue weighted by molar-refractivity contribution is 0.0515. The molecule has 0 aliphatic carbocycles. The molecule has 0 heterocycles. The van der Waals surface area contributed by atoms with Crippen LogP contribution < -0.4 is 5.32 Å². The molecule has 0 saturated carbocycles. The molecule has 4 nitrogen and oxygen atoms in total. The molecule has 0 saturated heterocycles. The monoisotopic (exact) mass is 328 g/mol. The Balaban J connectivity index is 2.88. The van der Waals surface area contributed by atoms with Crippen LogP contribution in [-0.4, -0.2) is 11.7 Å². The van der Waals surface area contributed by atoms with Crippen LogP contribution in [0.1, 0.15) is 32.4 Å². The van der Waals surface area contributed by atoms with E-state index in [0.717, 1.165) is 0 Å². The third-order valence-corrected chi connectivity index (χ3v) is 2.55. The highest BCUT2D eigenvalue weighted by atomic mass is 79.9. The van der Waals surface area contributed by atoms with Crippen molar-refractivity contribution in [2.45, 2.75) is 32.4 Å². The summed E-state index contributed by atoms with van der Waals surface area (Å²) >= 11 is 3.19. The minimum absolute atomic E-state index is 0.0859. The van der Waals surface area contributed by atoms with Crippen molar-refractivity contribution in [3.05, 3.63) is 34.1 Å². The molecule has 0 aromatic heterocycles. The largest absolute Gasteiger partial charge is 0.444 e. The lowest BCUT2D eigenvalue weighted by Gasteiger charge is -2.21. The SMILES string of the molecule is CC(C)(C)OC(=O)NC(C#N)c1cc(Br)ccc1F. The summed E-state index contributed by atoms with van der Waals surface area (Å²) in [4.78, 5) is 11.6. The molecule has 0 aliphatic rings. The van der Waals surface area contributed by atoms with Crippen LogP contribution in [0.4, 0.5) is 9.18 Å². The van der Waals surface area contributed by atoms with E-state index in [1.165, 1.54) is 18.2 Å². The highest BCUT2D eigenvalue weighted by Crippen LogP contribution is 2.22. The number of nitrogens with one attached hydrogen (secondary N) is 1. The van der Waals surface area contributed by atoms with Gasteiger partial charge < -0.3 is 10.1 Å². The van der Waals surface area contributed by atoms with Gasteiger partial charge in [0.2, 0.25) is 0 Å². The van der Waals surface area contributed by atoms with Crippen molar-refractivity contribution >= 4 is 22.0 Å². The average molecular weight is 329 g/mol. The fraction of sp³-hybridized carbons (Fsp3) is 0.385. The van der Waals surface area contributed by atoms with Crippen molar-refractivity contribution in [1.82, 2.24) is 5.32 Å². The summed E-state index contributed by atoms with van der Waals surface area (Å²) in [5, 5.41) is 11.4. The molecular weight excluding hydrogens is 315 g/mol. The van der Waals surface area contributed by atoms with E-state index in [2.05, 4.69) is 21.2 Å². The second-order valence-corrected chi connectivity index (χ2v) is 5.79. The molecule has 1 amide bonds. The number of amides is 1. The molecule has 1 aromatic carbocycles. The molecular formula is C13H14BrFN2O2. The van der Waals surface area contributed by atoms with E-state index < -0.39 is 23.6 Å². The van der Waals surface area contributed by atoms with Crippen molar-refractivity contribution in [3.63, 3.8) is 0 Å². The van der Waals surface area contributed by atoms with Gasteiger partial charge in [-0.25, -0.2) is 9.18 Å². The fourth-order valence-electron chi connectivity index (χ4n) is 1.34. The van der Waals surface area contributed by atoms with Crippen molar-refractivity contribution < 1.29 is 13.9 Å². The van der Waals surface area contributed by atoms with E-state index in [0.29, 0.717) is 4.47 Å². The highest BCUT2D eigenvalue weighted by Gasteiger charge is 2.22. The molecule has 6 heteroatoms. The molecule has 0 radical (unpaired) electrons. The summed E-state index contributed by atoms with van der Waals surface area (Å²) in [5.41, 5.74) is -0.595. The summed E-state index contributed by atoms with van der Waals surface area (Å²) in [6.07, 6.45) is -0.765. The number of nitriles is 1. The topological polar surface area (TPSA) is 62.1 Å². The van der Waals surface area contributed by atoms with Gasteiger partial charge in [-0.1, -0.05) is 15.9 Å². The minimum atomic E-state index is -1.10. The van der Waals surface area contributed by atoms with Crippen LogP contribution >= 0.6 is 15.9 Å². The summed E-state index contributed by atoms with van der Waals surface area (Å²) in [7, 11) is 0. The molecule has 0 spiro atoms. The van der Waals surface area contributed by atoms with Crippen molar-refractivity contribution in [2.24, 2.45) is 0 Å². The van der Waals surface area contributed by atoms with E-state index in [4.69, 9.17) is 10.00 Å². The Hall–Kier alpha value is -1.61. The average Bonchev–Trinajstić information content (AvgIpc) is 2.27. The normalized spacial score (nSPS) is 12.4. The summed E-state index contributed by atoms with van der Waals surface area (Å²) < 4.78 is 19.3. The zero-order valence-electron chi connectivity index (χ0n) is 10.8. The molecule has 102 valence electrons. The second kappa shape index (κ2) is 6.02. The highest BCUT2D eigenvalue weighted by molar-refractivity contribution is 9.10. The Bertz CT molecular complexity index is 520. The molecule has 1 rings (SSSR count). The van der Waals surface area contributed by atoms with Gasteiger partial charge in [0.1, 0.15) is 17.5 Å². The van der Waals surface area contributed by atoms with Gasteiger partial charge in [0.05, 0.1) is 6.07 Å². The maximum Gasteiger partial charge on any atom is 0.408 e. The maximum absolute atomic E-state index is 13.6. The zero-order valence-corrected chi connectivity index (χ0v) is 12.4. The Morgan fingerprint density at radius 3 is 2.68 bits per heavy atom. The number of hydrogen-bond acceptors (Lipinski definition) is 3. The number of nitrogens with zero attached hydrogens (tertiary/aromatic N) is 1. The first-order chi connectivity index (χ1) is 8.73. The van der Waals surface area contributed by atoms with Crippen LogP contribution in [0.2, 0.25) is 0 Å². The number of rotatable bonds is 2. The molecule has 1 atom stereocenters. The third-order valence-electron chi connectivity index (χ3n) is 2.06. The first-order valence-electron chi connectivity index (χ1n) is 5.57. The van der Waals surface area contributed by atoms with Crippen LogP contribution in [0, 0.1) is 17.1 Å². The molecule has 1 unspecified atom stereocenters. The van der Waals surface area contributed by atoms with E-state index >= 15 is 0 Å². The van der Waals surface area contributed by atoms with Crippen LogP contribution in [0.15, 0.2) is 22.7 Å². The number of carbonyl (C=O) groups is 1. The number of hydrogen-bond donors (Lipinski definition) is 1. The lowest BCUT2D eigenvalue weighted by atomic mass is 10.1. The molecule has 0 aliphatic heterocycles. The number of alkyl carbamates (subject to hydrolysis) is 1. The molecule has 1 N–H and O–H groups in total. The van der Waals surface area contributed by atoms with Crippen LogP contribution in [0.3, 0.4) is 0 Å². The lowest BCUT2D eigenvalue weighted by Crippen LogP contribution is -2.34. The Labute approximate surface area is 119 Å². The van der Waals surface area contributed by atoms with Gasteiger partial charge in [-0.15, -0.1) is 0 Å². The number of ether oxygens (including phenoxy) is 1. The Kier molecular flexibility index (Phi) is 4.90. The van der Waals surface area contributed by atoms with E-state index in [1.807, 2.05) is 6.07 Å². The Morgan fingerprint density at radius 2 is 2.16 bits per heavy atom. The summed E-state index contributed by atoms with van der Waals surface area (Å²) in [6, 6.07) is 4.91. The molecule has 0 fully saturated rings. The molecule has 0 bridgehead atoms. The van der Waals surface area contributed by atoms with Crippen LogP contribution in [0.5, 0.6) is 0 Å². The van der Waals surface area contributed by atoms with E-state index in [9.17, 15) is 9.18 Å². The maximum atomic E-state index is 13.6. The van der Waals surface area contributed by atoms with Gasteiger partial charge in [0, 0.05) is 10.0 Å². The van der Waals surface area contributed by atoms with Crippen molar-refractivity contribution in [1.29, 1.82) is 5.26 Å². The molecule has 1 aromatic rings. The predicted octanol–water partition coefficient (Wildman–Crippen LogP) is 3.68. The van der Waals surface area contributed by atoms with E-state index in [-0.39, 0.29) is 5.56 Å². The summed E-state index contributed by atoms with van der Waals surface area (Å²) in [5.74, 6) is -0.564. The van der Waals surface area contributed by atoms with Gasteiger partial charge in [0.15, 0.2) is 0 Å². The van der Waals surface area contributed by atoms with Gasteiger partial charge in [-0.2, -0.15) is 5.26 Å². The third kappa shape index (κ3) is 4.87. The van der Waals surface area contributed by atoms with Gasteiger partial charge in [0.25, 0.3) is 0 Å². The predicted molar refractivity (Wildman–Crippen MR) is 71.8 cm³/mol. The quantitative estimate of drug-likeness (QED) is 0.900. The standard InChI is InChI=1S/C13H14BrFN2O2/c1-13(2,3)19-12(18)17-11(7-16)9-6-8(14)4-5-10(9)15/h4-6,11H,1-3H3,(H,17,18). The van der Waals surface area contributed by atoms with Crippen molar-refractivity contribution in [3.8, 4) is 6.07 Å². The van der Waals surface area contributed by atoms with E-state index in [1.54, 1.807) is 20.8 Å². The number of benzene rings is 1. The first kappa shape index (κ1) is 15.4. The summed E-state index contributed by atoms with van der Waals surface area (Å²) in [6.45, 7) is 5.11. The molecule has 19 heavy (non-hydrogen) atoms. The van der Waals surface area contributed by atoms with Gasteiger partial charge in [-0.05, 0) is 39.0 Å². The van der Waals surface area contributed by atoms with Crippen LogP contribution in [0.25, 0.3) is 0 Å². The van der Waals surface area contributed by atoms with Crippen LogP contribution in [-0.2, 0) is 4.74 Å². The van der Waals surface area contributed by atoms with Crippen molar-refractivity contribution in [2.75, 3.05) is 0 Å². The number of halogens is 2. The number of carbonyl (C=O) groups excluding carboxylic acids is 1. The smallest absolute Gasteiger partial charge is 0.408 e.